The minimum atomic E-state index is -1.60. The van der Waals surface area contributed by atoms with Crippen molar-refractivity contribution in [3.05, 3.63) is 29.8 Å². The van der Waals surface area contributed by atoms with Crippen molar-refractivity contribution in [2.24, 2.45) is 5.92 Å². The minimum absolute atomic E-state index is 0.0120. The number of amides is 1. The molecule has 6 nitrogen and oxygen atoms in total. The van der Waals surface area contributed by atoms with Crippen LogP contribution in [-0.2, 0) is 9.53 Å². The summed E-state index contributed by atoms with van der Waals surface area (Å²) in [4.78, 5) is 12.5. The van der Waals surface area contributed by atoms with E-state index in [4.69, 9.17) is 9.47 Å². The molecule has 1 aromatic rings. The molecule has 0 saturated carbocycles. The molecule has 128 valence electrons. The van der Waals surface area contributed by atoms with Crippen LogP contribution in [-0.4, -0.2) is 47.8 Å². The van der Waals surface area contributed by atoms with Crippen LogP contribution in [0.3, 0.4) is 0 Å². The molecule has 3 aliphatic rings. The van der Waals surface area contributed by atoms with Crippen molar-refractivity contribution in [3.8, 4) is 5.75 Å². The smallest absolute Gasteiger partial charge is 0.475 e. The van der Waals surface area contributed by atoms with Crippen molar-refractivity contribution in [2.75, 3.05) is 6.61 Å². The molecule has 3 heterocycles. The second-order valence-electron chi connectivity index (χ2n) is 7.03. The van der Waals surface area contributed by atoms with Gasteiger partial charge < -0.3 is 24.8 Å². The summed E-state index contributed by atoms with van der Waals surface area (Å²) in [7, 11) is -1.60. The van der Waals surface area contributed by atoms with Gasteiger partial charge in [-0.1, -0.05) is 18.2 Å². The van der Waals surface area contributed by atoms with Crippen molar-refractivity contribution in [1.29, 1.82) is 0 Å². The Morgan fingerprint density at radius 3 is 2.88 bits per heavy atom. The maximum Gasteiger partial charge on any atom is 0.475 e. The van der Waals surface area contributed by atoms with Gasteiger partial charge in [-0.3, -0.25) is 4.79 Å². The first-order chi connectivity index (χ1) is 11.6. The maximum absolute atomic E-state index is 12.5. The second-order valence-corrected chi connectivity index (χ2v) is 7.03. The number of benzene rings is 1. The molecule has 2 saturated heterocycles. The van der Waals surface area contributed by atoms with Crippen LogP contribution in [0.15, 0.2) is 24.3 Å². The zero-order chi connectivity index (χ0) is 16.7. The minimum Gasteiger partial charge on any atom is -0.493 e. The number of hydrogen-bond acceptors (Lipinski definition) is 5. The average molecular weight is 331 g/mol. The average Bonchev–Trinajstić information content (AvgIpc) is 3.29. The van der Waals surface area contributed by atoms with Crippen LogP contribution in [0.2, 0.25) is 0 Å². The standard InChI is InChI=1S/C17H22BNO5/c20-17(13-8-11-5-6-15(13)24-11)19-16(18(21)22)7-10-9-23-14-4-2-1-3-12(10)14/h1-4,10-11,13,15-16,21-22H,5-9H2,(H,19,20)/t10-,11-,13-,15+,16?/m0/s1. The molecule has 1 aromatic carbocycles. The van der Waals surface area contributed by atoms with Crippen molar-refractivity contribution in [3.63, 3.8) is 0 Å². The van der Waals surface area contributed by atoms with E-state index in [0.29, 0.717) is 13.0 Å². The Labute approximate surface area is 141 Å². The largest absolute Gasteiger partial charge is 0.493 e. The molecular weight excluding hydrogens is 309 g/mol. The Bertz CT molecular complexity index is 625. The van der Waals surface area contributed by atoms with Gasteiger partial charge in [0.1, 0.15) is 5.75 Å². The molecule has 2 fully saturated rings. The molecule has 0 aliphatic carbocycles. The first kappa shape index (κ1) is 15.9. The molecule has 4 rings (SSSR count). The lowest BCUT2D eigenvalue weighted by Crippen LogP contribution is -2.50. The van der Waals surface area contributed by atoms with Gasteiger partial charge in [-0.25, -0.2) is 0 Å². The Balaban J connectivity index is 1.41. The molecule has 1 unspecified atom stereocenters. The van der Waals surface area contributed by atoms with E-state index in [2.05, 4.69) is 5.32 Å². The highest BCUT2D eigenvalue weighted by Crippen LogP contribution is 2.39. The number of fused-ring (bicyclic) bond motifs is 3. The highest BCUT2D eigenvalue weighted by molar-refractivity contribution is 6.43. The summed E-state index contributed by atoms with van der Waals surface area (Å²) in [6.07, 6.45) is 3.29. The fourth-order valence-electron chi connectivity index (χ4n) is 4.19. The second kappa shape index (κ2) is 6.39. The molecule has 2 bridgehead atoms. The summed E-state index contributed by atoms with van der Waals surface area (Å²) in [6, 6.07) is 7.75. The molecule has 0 aromatic heterocycles. The summed E-state index contributed by atoms with van der Waals surface area (Å²) in [6.45, 7) is 0.496. The molecule has 5 atom stereocenters. The van der Waals surface area contributed by atoms with Gasteiger partial charge in [-0.15, -0.1) is 0 Å². The van der Waals surface area contributed by atoms with E-state index < -0.39 is 13.1 Å². The molecule has 1 amide bonds. The van der Waals surface area contributed by atoms with Crippen LogP contribution < -0.4 is 10.1 Å². The van der Waals surface area contributed by atoms with Gasteiger partial charge in [0.2, 0.25) is 5.91 Å². The first-order valence-electron chi connectivity index (χ1n) is 8.65. The summed E-state index contributed by atoms with van der Waals surface area (Å²) in [5, 5.41) is 22.3. The molecular formula is C17H22BNO5. The van der Waals surface area contributed by atoms with Crippen molar-refractivity contribution >= 4 is 13.0 Å². The molecule has 3 aliphatic heterocycles. The Kier molecular flexibility index (Phi) is 4.24. The number of para-hydroxylation sites is 1. The Morgan fingerprint density at radius 2 is 2.17 bits per heavy atom. The summed E-state index contributed by atoms with van der Waals surface area (Å²) in [5.74, 6) is -0.132. The third-order valence-electron chi connectivity index (χ3n) is 5.47. The van der Waals surface area contributed by atoms with Crippen LogP contribution >= 0.6 is 0 Å². The van der Waals surface area contributed by atoms with Gasteiger partial charge in [0.15, 0.2) is 0 Å². The van der Waals surface area contributed by atoms with Crippen LogP contribution in [0.1, 0.15) is 37.2 Å². The van der Waals surface area contributed by atoms with Gasteiger partial charge in [0.05, 0.1) is 30.7 Å². The zero-order valence-electron chi connectivity index (χ0n) is 13.4. The topological polar surface area (TPSA) is 88.0 Å². The predicted octanol–water partition coefficient (Wildman–Crippen LogP) is 0.617. The van der Waals surface area contributed by atoms with Crippen molar-refractivity contribution in [1.82, 2.24) is 5.32 Å². The van der Waals surface area contributed by atoms with E-state index in [1.807, 2.05) is 24.3 Å². The highest BCUT2D eigenvalue weighted by Gasteiger charge is 2.45. The van der Waals surface area contributed by atoms with Gasteiger partial charge in [0, 0.05) is 11.5 Å². The molecule has 3 N–H and O–H groups in total. The quantitative estimate of drug-likeness (QED) is 0.689. The van der Waals surface area contributed by atoms with E-state index >= 15 is 0 Å². The van der Waals surface area contributed by atoms with Crippen LogP contribution in [0, 0.1) is 5.92 Å². The van der Waals surface area contributed by atoms with Crippen LogP contribution in [0.25, 0.3) is 0 Å². The fraction of sp³-hybridized carbons (Fsp3) is 0.588. The van der Waals surface area contributed by atoms with Gasteiger partial charge in [-0.2, -0.15) is 0 Å². The van der Waals surface area contributed by atoms with E-state index in [1.165, 1.54) is 0 Å². The van der Waals surface area contributed by atoms with E-state index in [9.17, 15) is 14.8 Å². The number of carbonyl (C=O) groups excluding carboxylic acids is 1. The van der Waals surface area contributed by atoms with Gasteiger partial charge in [0.25, 0.3) is 0 Å². The first-order valence-corrected chi connectivity index (χ1v) is 8.65. The summed E-state index contributed by atoms with van der Waals surface area (Å²) in [5.41, 5.74) is 1.06. The number of hydrogen-bond donors (Lipinski definition) is 3. The predicted molar refractivity (Wildman–Crippen MR) is 87.4 cm³/mol. The van der Waals surface area contributed by atoms with Gasteiger partial charge >= 0.3 is 7.12 Å². The fourth-order valence-corrected chi connectivity index (χ4v) is 4.19. The molecule has 7 heteroatoms. The molecule has 24 heavy (non-hydrogen) atoms. The maximum atomic E-state index is 12.5. The Morgan fingerprint density at radius 1 is 1.33 bits per heavy atom. The third-order valence-corrected chi connectivity index (χ3v) is 5.47. The van der Waals surface area contributed by atoms with Crippen LogP contribution in [0.4, 0.5) is 0 Å². The van der Waals surface area contributed by atoms with Crippen LogP contribution in [0.5, 0.6) is 5.75 Å². The number of nitrogens with one attached hydrogen (secondary N) is 1. The lowest BCUT2D eigenvalue weighted by molar-refractivity contribution is -0.127. The summed E-state index contributed by atoms with van der Waals surface area (Å²) < 4.78 is 11.4. The van der Waals surface area contributed by atoms with Crippen molar-refractivity contribution in [2.45, 2.75) is 49.8 Å². The van der Waals surface area contributed by atoms with Gasteiger partial charge in [-0.05, 0) is 31.7 Å². The number of ether oxygens (including phenoxy) is 2. The highest BCUT2D eigenvalue weighted by atomic mass is 16.5. The van der Waals surface area contributed by atoms with E-state index in [-0.39, 0.29) is 30.0 Å². The number of carbonyl (C=O) groups is 1. The molecule has 0 spiro atoms. The summed E-state index contributed by atoms with van der Waals surface area (Å²) >= 11 is 0. The lowest BCUT2D eigenvalue weighted by atomic mass is 9.73. The normalized spacial score (nSPS) is 31.4. The number of rotatable bonds is 5. The van der Waals surface area contributed by atoms with E-state index in [0.717, 1.165) is 30.6 Å². The molecule has 0 radical (unpaired) electrons. The lowest BCUT2D eigenvalue weighted by Gasteiger charge is -2.24. The van der Waals surface area contributed by atoms with Crippen molar-refractivity contribution < 1.29 is 24.3 Å². The van der Waals surface area contributed by atoms with E-state index in [1.54, 1.807) is 0 Å². The third kappa shape index (κ3) is 2.92. The SMILES string of the molecule is O=C(NC(C[C@H]1COc2ccccc21)B(O)O)[C@H]1C[C@@H]2CC[C@H]1O2. The Hall–Kier alpha value is -1.57. The zero-order valence-corrected chi connectivity index (χ0v) is 13.4. The monoisotopic (exact) mass is 331 g/mol.